The molecule has 2 aromatic rings. The van der Waals surface area contributed by atoms with Gasteiger partial charge >= 0.3 is 0 Å². The van der Waals surface area contributed by atoms with E-state index in [1.165, 1.54) is 12.8 Å². The molecule has 170 valence electrons. The van der Waals surface area contributed by atoms with Gasteiger partial charge in [-0.1, -0.05) is 18.2 Å². The number of H-pyrrole nitrogens is 1. The van der Waals surface area contributed by atoms with Gasteiger partial charge in [0, 0.05) is 50.8 Å². The number of para-hydroxylation sites is 1. The van der Waals surface area contributed by atoms with Crippen LogP contribution in [0.5, 0.6) is 5.75 Å². The van der Waals surface area contributed by atoms with E-state index in [1.807, 2.05) is 41.3 Å². The summed E-state index contributed by atoms with van der Waals surface area (Å²) in [6, 6.07) is 11.7. The Kier molecular flexibility index (Phi) is 5.87. The van der Waals surface area contributed by atoms with E-state index in [0.29, 0.717) is 31.1 Å². The van der Waals surface area contributed by atoms with Crippen molar-refractivity contribution < 1.29 is 14.3 Å². The van der Waals surface area contributed by atoms with Gasteiger partial charge in [-0.15, -0.1) is 0 Å². The van der Waals surface area contributed by atoms with E-state index in [4.69, 9.17) is 4.74 Å². The highest BCUT2D eigenvalue weighted by Crippen LogP contribution is 2.39. The molecule has 5 rings (SSSR count). The predicted molar refractivity (Wildman–Crippen MR) is 120 cm³/mol. The standard InChI is InChI=1S/C24H31N5O3/c1-25-23(30)22-13-19(32-18-5-3-2-4-6-18)15-29(22)17-9-11-28(12-10-17)24(31)21-14-20(26-27-21)16-7-8-16/h2-6,14,16-17,19,22H,7-13,15H2,1H3,(H,25,30)(H,26,27)/t19-,22-/m0/s1. The first-order valence-corrected chi connectivity index (χ1v) is 11.7. The van der Waals surface area contributed by atoms with Crippen LogP contribution in [0.3, 0.4) is 0 Å². The summed E-state index contributed by atoms with van der Waals surface area (Å²) in [6.45, 7) is 2.07. The largest absolute Gasteiger partial charge is 0.489 e. The summed E-state index contributed by atoms with van der Waals surface area (Å²) in [4.78, 5) is 29.7. The second kappa shape index (κ2) is 8.94. The fourth-order valence-electron chi connectivity index (χ4n) is 5.04. The lowest BCUT2D eigenvalue weighted by Gasteiger charge is -2.38. The Morgan fingerprint density at radius 3 is 2.56 bits per heavy atom. The molecular formula is C24H31N5O3. The van der Waals surface area contributed by atoms with E-state index in [1.54, 1.807) is 7.05 Å². The number of carbonyl (C=O) groups excluding carboxylic acids is 2. The number of likely N-dealkylation sites (tertiary alicyclic amines) is 2. The van der Waals surface area contributed by atoms with Crippen LogP contribution >= 0.6 is 0 Å². The van der Waals surface area contributed by atoms with Gasteiger partial charge in [0.15, 0.2) is 0 Å². The van der Waals surface area contributed by atoms with Crippen LogP contribution in [0.2, 0.25) is 0 Å². The van der Waals surface area contributed by atoms with Gasteiger partial charge in [0.25, 0.3) is 5.91 Å². The minimum atomic E-state index is -0.201. The Morgan fingerprint density at radius 2 is 1.88 bits per heavy atom. The number of hydrogen-bond acceptors (Lipinski definition) is 5. The molecule has 2 N–H and O–H groups in total. The third-order valence-corrected chi connectivity index (χ3v) is 6.95. The first-order valence-electron chi connectivity index (χ1n) is 11.7. The van der Waals surface area contributed by atoms with E-state index in [-0.39, 0.29) is 30.0 Å². The number of rotatable bonds is 6. The van der Waals surface area contributed by atoms with Gasteiger partial charge in [-0.3, -0.25) is 19.6 Å². The number of likely N-dealkylation sites (N-methyl/N-ethyl adjacent to an activating group) is 1. The molecule has 8 nitrogen and oxygen atoms in total. The van der Waals surface area contributed by atoms with Crippen LogP contribution in [0.4, 0.5) is 0 Å². The van der Waals surface area contributed by atoms with E-state index in [0.717, 1.165) is 30.8 Å². The number of carbonyl (C=O) groups is 2. The van der Waals surface area contributed by atoms with Gasteiger partial charge in [-0.2, -0.15) is 5.10 Å². The molecule has 3 aliphatic rings. The maximum Gasteiger partial charge on any atom is 0.274 e. The minimum Gasteiger partial charge on any atom is -0.489 e. The third-order valence-electron chi connectivity index (χ3n) is 6.95. The molecule has 8 heteroatoms. The number of benzene rings is 1. The molecule has 1 aliphatic carbocycles. The molecule has 2 amide bonds. The van der Waals surface area contributed by atoms with Crippen molar-refractivity contribution in [2.75, 3.05) is 26.7 Å². The zero-order valence-corrected chi connectivity index (χ0v) is 18.5. The lowest BCUT2D eigenvalue weighted by Crippen LogP contribution is -2.51. The summed E-state index contributed by atoms with van der Waals surface area (Å²) in [5, 5.41) is 10.1. The fraction of sp³-hybridized carbons (Fsp3) is 0.542. The number of aromatic amines is 1. The lowest BCUT2D eigenvalue weighted by atomic mass is 10.0. The monoisotopic (exact) mass is 437 g/mol. The van der Waals surface area contributed by atoms with Crippen molar-refractivity contribution in [3.05, 3.63) is 47.8 Å². The van der Waals surface area contributed by atoms with E-state index >= 15 is 0 Å². The Morgan fingerprint density at radius 1 is 1.12 bits per heavy atom. The number of amides is 2. The Labute approximate surface area is 188 Å². The van der Waals surface area contributed by atoms with Gasteiger partial charge in [-0.05, 0) is 43.9 Å². The molecule has 0 spiro atoms. The molecule has 0 radical (unpaired) electrons. The zero-order valence-electron chi connectivity index (χ0n) is 18.5. The van der Waals surface area contributed by atoms with Gasteiger partial charge in [0.05, 0.1) is 6.04 Å². The Balaban J connectivity index is 1.20. The summed E-state index contributed by atoms with van der Waals surface area (Å²) >= 11 is 0. The number of hydrogen-bond donors (Lipinski definition) is 2. The average molecular weight is 438 g/mol. The van der Waals surface area contributed by atoms with Crippen molar-refractivity contribution in [1.82, 2.24) is 25.3 Å². The predicted octanol–water partition coefficient (Wildman–Crippen LogP) is 2.16. The zero-order chi connectivity index (χ0) is 22.1. The SMILES string of the molecule is CNC(=O)[C@@H]1C[C@H](Oc2ccccc2)CN1C1CCN(C(=O)c2cc(C3CC3)[nH]n2)CC1. The quantitative estimate of drug-likeness (QED) is 0.723. The van der Waals surface area contributed by atoms with Crippen molar-refractivity contribution in [3.63, 3.8) is 0 Å². The van der Waals surface area contributed by atoms with Crippen LogP contribution in [0.25, 0.3) is 0 Å². The maximum atomic E-state index is 12.9. The highest BCUT2D eigenvalue weighted by molar-refractivity contribution is 5.92. The molecule has 1 saturated carbocycles. The van der Waals surface area contributed by atoms with Crippen molar-refractivity contribution >= 4 is 11.8 Å². The van der Waals surface area contributed by atoms with Crippen LogP contribution in [-0.2, 0) is 4.79 Å². The number of nitrogens with one attached hydrogen (secondary N) is 2. The fourth-order valence-corrected chi connectivity index (χ4v) is 5.04. The Hall–Kier alpha value is -2.87. The third kappa shape index (κ3) is 4.37. The topological polar surface area (TPSA) is 90.6 Å². The number of aromatic nitrogens is 2. The lowest BCUT2D eigenvalue weighted by molar-refractivity contribution is -0.126. The first-order chi connectivity index (χ1) is 15.6. The van der Waals surface area contributed by atoms with Crippen LogP contribution in [0.15, 0.2) is 36.4 Å². The summed E-state index contributed by atoms with van der Waals surface area (Å²) in [5.74, 6) is 1.42. The molecule has 3 fully saturated rings. The van der Waals surface area contributed by atoms with Gasteiger partial charge in [-0.25, -0.2) is 0 Å². The summed E-state index contributed by atoms with van der Waals surface area (Å²) in [7, 11) is 1.69. The highest BCUT2D eigenvalue weighted by Gasteiger charge is 2.42. The van der Waals surface area contributed by atoms with Crippen molar-refractivity contribution in [2.24, 2.45) is 0 Å². The van der Waals surface area contributed by atoms with Crippen molar-refractivity contribution in [3.8, 4) is 5.75 Å². The molecule has 1 aromatic carbocycles. The molecule has 1 aromatic heterocycles. The summed E-state index contributed by atoms with van der Waals surface area (Å²) < 4.78 is 6.17. The molecular weight excluding hydrogens is 406 g/mol. The Bertz CT molecular complexity index is 950. The highest BCUT2D eigenvalue weighted by atomic mass is 16.5. The number of piperidine rings is 1. The average Bonchev–Trinajstić information content (AvgIpc) is 3.41. The summed E-state index contributed by atoms with van der Waals surface area (Å²) in [5.41, 5.74) is 1.60. The van der Waals surface area contributed by atoms with E-state index in [2.05, 4.69) is 20.4 Å². The first kappa shape index (κ1) is 21.0. The second-order valence-electron chi connectivity index (χ2n) is 9.12. The van der Waals surface area contributed by atoms with Crippen LogP contribution in [0.1, 0.15) is 54.2 Å². The van der Waals surface area contributed by atoms with Crippen LogP contribution < -0.4 is 10.1 Å². The van der Waals surface area contributed by atoms with Crippen LogP contribution in [0, 0.1) is 0 Å². The van der Waals surface area contributed by atoms with Crippen molar-refractivity contribution in [1.29, 1.82) is 0 Å². The van der Waals surface area contributed by atoms with Gasteiger partial charge in [0.2, 0.25) is 5.91 Å². The van der Waals surface area contributed by atoms with Gasteiger partial charge in [0.1, 0.15) is 17.5 Å². The van der Waals surface area contributed by atoms with E-state index < -0.39 is 0 Å². The molecule has 2 atom stereocenters. The number of nitrogens with zero attached hydrogens (tertiary/aromatic N) is 3. The number of ether oxygens (including phenoxy) is 1. The summed E-state index contributed by atoms with van der Waals surface area (Å²) in [6.07, 6.45) is 4.69. The second-order valence-corrected chi connectivity index (χ2v) is 9.12. The molecule has 2 saturated heterocycles. The van der Waals surface area contributed by atoms with Crippen LogP contribution in [-0.4, -0.2) is 76.7 Å². The molecule has 0 unspecified atom stereocenters. The minimum absolute atomic E-state index is 0.00107. The van der Waals surface area contributed by atoms with Gasteiger partial charge < -0.3 is 15.0 Å². The molecule has 32 heavy (non-hydrogen) atoms. The molecule has 3 heterocycles. The smallest absolute Gasteiger partial charge is 0.274 e. The molecule has 2 aliphatic heterocycles. The van der Waals surface area contributed by atoms with Crippen molar-refractivity contribution in [2.45, 2.75) is 56.2 Å². The maximum absolute atomic E-state index is 12.9. The van der Waals surface area contributed by atoms with E-state index in [9.17, 15) is 9.59 Å². The normalized spacial score (nSPS) is 24.5. The molecule has 0 bridgehead atoms.